The topological polar surface area (TPSA) is 76.3 Å². The molecule has 0 bridgehead atoms. The molecule has 0 aliphatic carbocycles. The molecule has 1 saturated heterocycles. The summed E-state index contributed by atoms with van der Waals surface area (Å²) in [4.78, 5) is 35.5. The van der Waals surface area contributed by atoms with Crippen molar-refractivity contribution in [2.24, 2.45) is 0 Å². The third-order valence-electron chi connectivity index (χ3n) is 8.03. The lowest BCUT2D eigenvalue weighted by Crippen LogP contribution is -2.58. The number of amides is 1. The first-order chi connectivity index (χ1) is 20.1. The molecule has 218 valence electrons. The number of hydrogen-bond acceptors (Lipinski definition) is 6. The first kappa shape index (κ1) is 28.4. The van der Waals surface area contributed by atoms with Crippen LogP contribution in [0.2, 0.25) is 5.02 Å². The second-order valence-corrected chi connectivity index (χ2v) is 12.3. The summed E-state index contributed by atoms with van der Waals surface area (Å²) in [5.41, 5.74) is 1.66. The number of piperazine rings is 1. The van der Waals surface area contributed by atoms with Gasteiger partial charge in [0.15, 0.2) is 0 Å². The van der Waals surface area contributed by atoms with Crippen molar-refractivity contribution in [1.82, 2.24) is 24.2 Å². The molecule has 0 spiro atoms. The Kier molecular flexibility index (Phi) is 7.34. The van der Waals surface area contributed by atoms with Crippen LogP contribution in [0.4, 0.5) is 14.6 Å². The number of benzene rings is 2. The number of anilines is 1. The highest BCUT2D eigenvalue weighted by Crippen LogP contribution is 2.46. The summed E-state index contributed by atoms with van der Waals surface area (Å²) in [6, 6.07) is 5.36. The number of rotatable bonds is 4. The highest BCUT2D eigenvalue weighted by atomic mass is 35.5. The van der Waals surface area contributed by atoms with Crippen LogP contribution in [0.3, 0.4) is 0 Å². The van der Waals surface area contributed by atoms with Crippen molar-refractivity contribution in [2.45, 2.75) is 50.3 Å². The lowest BCUT2D eigenvalue weighted by atomic mass is 9.97. The van der Waals surface area contributed by atoms with Crippen LogP contribution in [0.1, 0.15) is 25.5 Å². The van der Waals surface area contributed by atoms with Gasteiger partial charge in [-0.15, -0.1) is 11.8 Å². The molecule has 0 N–H and O–H groups in total. The third-order valence-corrected chi connectivity index (χ3v) is 9.56. The van der Waals surface area contributed by atoms with Gasteiger partial charge in [0.25, 0.3) is 0 Å². The quantitative estimate of drug-likeness (QED) is 0.226. The molecule has 1 amide bonds. The Bertz CT molecular complexity index is 1780. The molecule has 8 nitrogen and oxygen atoms in total. The molecule has 2 aliphatic rings. The highest BCUT2D eigenvalue weighted by Gasteiger charge is 2.35. The van der Waals surface area contributed by atoms with Gasteiger partial charge >= 0.3 is 5.69 Å². The Hall–Kier alpha value is -3.70. The molecule has 6 rings (SSSR count). The van der Waals surface area contributed by atoms with Gasteiger partial charge in [0.05, 0.1) is 23.1 Å². The number of carbonyl (C=O) groups excluding carboxylic acids is 1. The fraction of sp³-hybridized carbons (Fsp3) is 0.333. The van der Waals surface area contributed by atoms with Crippen molar-refractivity contribution in [1.29, 1.82) is 0 Å². The first-order valence-electron chi connectivity index (χ1n) is 13.6. The summed E-state index contributed by atoms with van der Waals surface area (Å²) >= 11 is 7.63. The normalized spacial score (nSPS) is 20.6. The van der Waals surface area contributed by atoms with E-state index in [1.165, 1.54) is 23.9 Å². The van der Waals surface area contributed by atoms with Crippen LogP contribution in [-0.4, -0.2) is 61.1 Å². The smallest absolute Gasteiger partial charge is 0.350 e. The highest BCUT2D eigenvalue weighted by molar-refractivity contribution is 7.99. The van der Waals surface area contributed by atoms with Gasteiger partial charge in [0.1, 0.15) is 17.5 Å². The maximum Gasteiger partial charge on any atom is 0.350 e. The van der Waals surface area contributed by atoms with Crippen LogP contribution >= 0.6 is 23.4 Å². The number of carbonyl (C=O) groups is 1. The zero-order valence-electron chi connectivity index (χ0n) is 23.4. The molecule has 3 atom stereocenters. The molecular formula is C30H29ClF2N6O2S. The number of thioether (sulfide) groups is 1. The van der Waals surface area contributed by atoms with E-state index in [4.69, 9.17) is 11.6 Å². The van der Waals surface area contributed by atoms with Crippen LogP contribution in [0, 0.1) is 18.6 Å². The zero-order valence-corrected chi connectivity index (χ0v) is 24.9. The SMILES string of the molecule is C=CC(=O)N1[C@H](C)CN(c2nc(=O)n3c4c(c(-c5cc(Cl)c(F)cc5F)c(C)cc24)SCC(n2cccn2)C3)C[C@@H]1C. The number of hydrogen-bond donors (Lipinski definition) is 0. The average Bonchev–Trinajstić information content (AvgIpc) is 3.41. The number of aromatic nitrogens is 4. The maximum absolute atomic E-state index is 15.3. The van der Waals surface area contributed by atoms with Crippen molar-refractivity contribution in [3.05, 3.63) is 82.0 Å². The first-order valence-corrected chi connectivity index (χ1v) is 15.0. The molecule has 2 aromatic carbocycles. The van der Waals surface area contributed by atoms with Gasteiger partial charge in [-0.05, 0) is 50.6 Å². The Balaban J connectivity index is 1.59. The minimum absolute atomic E-state index is 0.141. The Morgan fingerprint density at radius 2 is 1.88 bits per heavy atom. The summed E-state index contributed by atoms with van der Waals surface area (Å²) in [5, 5.41) is 4.97. The van der Waals surface area contributed by atoms with Crippen molar-refractivity contribution in [3.63, 3.8) is 0 Å². The fourth-order valence-corrected chi connectivity index (χ4v) is 7.81. The lowest BCUT2D eigenvalue weighted by Gasteiger charge is -2.44. The molecule has 4 aromatic rings. The Morgan fingerprint density at radius 1 is 1.14 bits per heavy atom. The van der Waals surface area contributed by atoms with E-state index in [9.17, 15) is 14.0 Å². The summed E-state index contributed by atoms with van der Waals surface area (Å²) in [6.07, 6.45) is 4.86. The van der Waals surface area contributed by atoms with Crippen molar-refractivity contribution in [2.75, 3.05) is 23.7 Å². The fourth-order valence-electron chi connectivity index (χ4n) is 6.26. The van der Waals surface area contributed by atoms with Gasteiger partial charge in [-0.3, -0.25) is 14.0 Å². The van der Waals surface area contributed by atoms with Crippen LogP contribution in [0.5, 0.6) is 0 Å². The van der Waals surface area contributed by atoms with Crippen LogP contribution in [0.15, 0.2) is 59.0 Å². The Morgan fingerprint density at radius 3 is 2.55 bits per heavy atom. The molecule has 1 fully saturated rings. The van der Waals surface area contributed by atoms with Gasteiger partial charge in [0, 0.05) is 70.8 Å². The molecule has 0 radical (unpaired) electrons. The number of nitrogens with zero attached hydrogens (tertiary/aromatic N) is 6. The van der Waals surface area contributed by atoms with E-state index < -0.39 is 17.3 Å². The van der Waals surface area contributed by atoms with Crippen molar-refractivity contribution >= 4 is 46.0 Å². The van der Waals surface area contributed by atoms with E-state index in [1.807, 2.05) is 48.7 Å². The lowest BCUT2D eigenvalue weighted by molar-refractivity contribution is -0.130. The van der Waals surface area contributed by atoms with E-state index in [1.54, 1.807) is 15.7 Å². The number of aryl methyl sites for hydroxylation is 1. The minimum atomic E-state index is -0.839. The summed E-state index contributed by atoms with van der Waals surface area (Å²) in [7, 11) is 0. The van der Waals surface area contributed by atoms with Crippen LogP contribution in [-0.2, 0) is 11.3 Å². The summed E-state index contributed by atoms with van der Waals surface area (Å²) in [5.74, 6) is -0.649. The zero-order chi connectivity index (χ0) is 29.9. The van der Waals surface area contributed by atoms with E-state index in [-0.39, 0.29) is 34.6 Å². The molecule has 4 heterocycles. The van der Waals surface area contributed by atoms with Crippen LogP contribution in [0.25, 0.3) is 22.0 Å². The van der Waals surface area contributed by atoms with Crippen LogP contribution < -0.4 is 10.6 Å². The molecular weight excluding hydrogens is 582 g/mol. The molecule has 42 heavy (non-hydrogen) atoms. The van der Waals surface area contributed by atoms with E-state index in [0.717, 1.165) is 17.0 Å². The van der Waals surface area contributed by atoms with Gasteiger partial charge in [0.2, 0.25) is 5.91 Å². The van der Waals surface area contributed by atoms with Gasteiger partial charge in [-0.25, -0.2) is 13.6 Å². The van der Waals surface area contributed by atoms with E-state index in [2.05, 4.69) is 16.7 Å². The van der Waals surface area contributed by atoms with E-state index >= 15 is 4.39 Å². The molecule has 12 heteroatoms. The standard InChI is InChI=1S/C30H29ClF2N6O2S/c1-5-25(40)39-17(3)12-36(13-18(39)4)29-21-9-16(2)26(20-10-22(31)24(33)11-23(20)32)28-27(21)37(30(41)35-29)14-19(15-42-28)38-8-6-7-34-38/h5-11,17-19H,1,12-15H2,2-4H3/t17-,18+,19?. The molecule has 2 aromatic heterocycles. The monoisotopic (exact) mass is 610 g/mol. The minimum Gasteiger partial charge on any atom is -0.352 e. The number of halogens is 3. The summed E-state index contributed by atoms with van der Waals surface area (Å²) < 4.78 is 33.0. The van der Waals surface area contributed by atoms with Crippen molar-refractivity contribution in [3.8, 4) is 11.1 Å². The predicted octanol–water partition coefficient (Wildman–Crippen LogP) is 5.46. The van der Waals surface area contributed by atoms with Gasteiger partial charge < -0.3 is 9.80 Å². The van der Waals surface area contributed by atoms with Crippen molar-refractivity contribution < 1.29 is 13.6 Å². The maximum atomic E-state index is 15.3. The second-order valence-electron chi connectivity index (χ2n) is 10.9. The van der Waals surface area contributed by atoms with Gasteiger partial charge in [-0.1, -0.05) is 18.2 Å². The molecule has 2 aliphatic heterocycles. The third kappa shape index (κ3) is 4.68. The van der Waals surface area contributed by atoms with E-state index in [0.29, 0.717) is 47.2 Å². The summed E-state index contributed by atoms with van der Waals surface area (Å²) in [6.45, 7) is 10.7. The predicted molar refractivity (Wildman–Crippen MR) is 161 cm³/mol. The molecule has 0 saturated carbocycles. The molecule has 1 unspecified atom stereocenters. The van der Waals surface area contributed by atoms with Gasteiger partial charge in [-0.2, -0.15) is 10.1 Å². The Labute approximate surface area is 250 Å². The largest absolute Gasteiger partial charge is 0.352 e. The average molecular weight is 611 g/mol. The second kappa shape index (κ2) is 10.9.